The number of thiophene rings is 1. The minimum absolute atomic E-state index is 0.140. The Bertz CT molecular complexity index is 842. The first-order valence-corrected chi connectivity index (χ1v) is 8.72. The molecule has 0 unspecified atom stereocenters. The van der Waals surface area contributed by atoms with Crippen LogP contribution in [0.4, 0.5) is 0 Å². The van der Waals surface area contributed by atoms with Gasteiger partial charge in [-0.1, -0.05) is 23.7 Å². The fourth-order valence-corrected chi connectivity index (χ4v) is 2.92. The third kappa shape index (κ3) is 4.54. The van der Waals surface area contributed by atoms with Gasteiger partial charge in [-0.2, -0.15) is 11.3 Å². The van der Waals surface area contributed by atoms with Gasteiger partial charge in [0, 0.05) is 34.8 Å². The molecule has 3 rings (SSSR count). The number of halogens is 1. The Hall–Kier alpha value is -2.43. The van der Waals surface area contributed by atoms with Crippen LogP contribution in [0.25, 0.3) is 17.3 Å². The standard InChI is InChI=1S/C19H15ClN2OS/c20-17-4-1-14(2-5-17)3-6-19(23)22-12-15-7-9-21-18(11-15)16-8-10-24-13-16/h1-11,13H,12H2,(H,22,23)/b6-3+. The van der Waals surface area contributed by atoms with Crippen molar-refractivity contribution in [1.82, 2.24) is 10.3 Å². The monoisotopic (exact) mass is 354 g/mol. The van der Waals surface area contributed by atoms with Gasteiger partial charge in [0.25, 0.3) is 0 Å². The molecule has 0 aliphatic carbocycles. The summed E-state index contributed by atoms with van der Waals surface area (Å²) in [4.78, 5) is 16.3. The van der Waals surface area contributed by atoms with Gasteiger partial charge in [0.15, 0.2) is 0 Å². The van der Waals surface area contributed by atoms with Gasteiger partial charge in [0.1, 0.15) is 0 Å². The summed E-state index contributed by atoms with van der Waals surface area (Å²) in [6.07, 6.45) is 5.04. The van der Waals surface area contributed by atoms with Gasteiger partial charge in [-0.15, -0.1) is 0 Å². The molecule has 24 heavy (non-hydrogen) atoms. The van der Waals surface area contributed by atoms with Crippen molar-refractivity contribution in [3.05, 3.63) is 81.6 Å². The van der Waals surface area contributed by atoms with Crippen molar-refractivity contribution in [2.45, 2.75) is 6.54 Å². The Morgan fingerprint density at radius 2 is 2.04 bits per heavy atom. The largest absolute Gasteiger partial charge is 0.348 e. The molecule has 3 nitrogen and oxygen atoms in total. The number of carbonyl (C=O) groups is 1. The van der Waals surface area contributed by atoms with Gasteiger partial charge in [-0.3, -0.25) is 9.78 Å². The molecular weight excluding hydrogens is 340 g/mol. The number of hydrogen-bond acceptors (Lipinski definition) is 3. The molecule has 3 aromatic rings. The van der Waals surface area contributed by atoms with E-state index in [2.05, 4.69) is 15.7 Å². The molecule has 0 fully saturated rings. The third-order valence-corrected chi connectivity index (χ3v) is 4.34. The van der Waals surface area contributed by atoms with Crippen LogP contribution in [0.15, 0.2) is 65.5 Å². The van der Waals surface area contributed by atoms with Crippen LogP contribution in [-0.4, -0.2) is 10.9 Å². The average molecular weight is 355 g/mol. The predicted molar refractivity (Wildman–Crippen MR) is 99.9 cm³/mol. The molecule has 0 atom stereocenters. The third-order valence-electron chi connectivity index (χ3n) is 3.41. The van der Waals surface area contributed by atoms with Gasteiger partial charge in [-0.25, -0.2) is 0 Å². The molecule has 1 amide bonds. The van der Waals surface area contributed by atoms with Gasteiger partial charge >= 0.3 is 0 Å². The van der Waals surface area contributed by atoms with Crippen molar-refractivity contribution >= 4 is 34.9 Å². The zero-order valence-corrected chi connectivity index (χ0v) is 14.3. The first-order valence-electron chi connectivity index (χ1n) is 7.40. The molecule has 120 valence electrons. The highest BCUT2D eigenvalue weighted by Gasteiger charge is 2.02. The van der Waals surface area contributed by atoms with E-state index in [1.165, 1.54) is 6.08 Å². The lowest BCUT2D eigenvalue weighted by Crippen LogP contribution is -2.20. The summed E-state index contributed by atoms with van der Waals surface area (Å²) in [5.74, 6) is -0.140. The molecule has 2 heterocycles. The van der Waals surface area contributed by atoms with Gasteiger partial charge in [-0.05, 0) is 52.9 Å². The van der Waals surface area contributed by atoms with Crippen LogP contribution in [0, 0.1) is 0 Å². The molecular formula is C19H15ClN2OS. The number of nitrogens with one attached hydrogen (secondary N) is 1. The van der Waals surface area contributed by atoms with E-state index in [9.17, 15) is 4.79 Å². The van der Waals surface area contributed by atoms with E-state index in [0.29, 0.717) is 11.6 Å². The number of benzene rings is 1. The van der Waals surface area contributed by atoms with Crippen LogP contribution in [0.2, 0.25) is 5.02 Å². The first kappa shape index (κ1) is 16.4. The molecule has 0 aliphatic rings. The number of aromatic nitrogens is 1. The molecule has 1 N–H and O–H groups in total. The molecule has 2 aromatic heterocycles. The van der Waals surface area contributed by atoms with Crippen molar-refractivity contribution < 1.29 is 4.79 Å². The second kappa shape index (κ2) is 7.90. The zero-order valence-electron chi connectivity index (χ0n) is 12.8. The Morgan fingerprint density at radius 3 is 2.79 bits per heavy atom. The summed E-state index contributed by atoms with van der Waals surface area (Å²) in [5.41, 5.74) is 3.95. The molecule has 5 heteroatoms. The predicted octanol–water partition coefficient (Wildman–Crippen LogP) is 4.79. The van der Waals surface area contributed by atoms with Gasteiger partial charge < -0.3 is 5.32 Å². The normalized spacial score (nSPS) is 10.9. The van der Waals surface area contributed by atoms with Crippen LogP contribution in [0.3, 0.4) is 0 Å². The Labute approximate surface area is 149 Å². The summed E-state index contributed by atoms with van der Waals surface area (Å²) < 4.78 is 0. The zero-order chi connectivity index (χ0) is 16.8. The van der Waals surface area contributed by atoms with Crippen LogP contribution >= 0.6 is 22.9 Å². The van der Waals surface area contributed by atoms with Crippen LogP contribution in [-0.2, 0) is 11.3 Å². The smallest absolute Gasteiger partial charge is 0.244 e. The maximum absolute atomic E-state index is 11.9. The Morgan fingerprint density at radius 1 is 1.21 bits per heavy atom. The summed E-state index contributed by atoms with van der Waals surface area (Å²) in [6, 6.07) is 13.2. The van der Waals surface area contributed by atoms with Crippen molar-refractivity contribution in [1.29, 1.82) is 0 Å². The number of rotatable bonds is 5. The summed E-state index contributed by atoms with van der Waals surface area (Å²) in [6.45, 7) is 0.462. The highest BCUT2D eigenvalue weighted by molar-refractivity contribution is 7.08. The van der Waals surface area contributed by atoms with Crippen molar-refractivity contribution in [2.75, 3.05) is 0 Å². The lowest BCUT2D eigenvalue weighted by atomic mass is 10.1. The summed E-state index contributed by atoms with van der Waals surface area (Å²) >= 11 is 7.47. The van der Waals surface area contributed by atoms with Gasteiger partial charge in [0.05, 0.1) is 5.69 Å². The van der Waals surface area contributed by atoms with Gasteiger partial charge in [0.2, 0.25) is 5.91 Å². The lowest BCUT2D eigenvalue weighted by Gasteiger charge is -2.04. The summed E-state index contributed by atoms with van der Waals surface area (Å²) in [7, 11) is 0. The van der Waals surface area contributed by atoms with E-state index in [4.69, 9.17) is 11.6 Å². The van der Waals surface area contributed by atoms with E-state index in [-0.39, 0.29) is 5.91 Å². The van der Waals surface area contributed by atoms with E-state index >= 15 is 0 Å². The molecule has 0 radical (unpaired) electrons. The van der Waals surface area contributed by atoms with E-state index in [1.54, 1.807) is 35.7 Å². The molecule has 0 saturated heterocycles. The molecule has 0 saturated carbocycles. The SMILES string of the molecule is O=C(/C=C/c1ccc(Cl)cc1)NCc1ccnc(-c2ccsc2)c1. The second-order valence-corrected chi connectivity index (χ2v) is 6.38. The average Bonchev–Trinajstić information content (AvgIpc) is 3.14. The molecule has 0 aliphatic heterocycles. The minimum Gasteiger partial charge on any atom is -0.348 e. The van der Waals surface area contributed by atoms with Crippen LogP contribution in [0.5, 0.6) is 0 Å². The Balaban J connectivity index is 1.58. The molecule has 0 bridgehead atoms. The molecule has 0 spiro atoms. The first-order chi connectivity index (χ1) is 11.7. The Kier molecular flexibility index (Phi) is 5.41. The van der Waals surface area contributed by atoms with Crippen molar-refractivity contribution in [2.24, 2.45) is 0 Å². The number of amides is 1. The number of carbonyl (C=O) groups excluding carboxylic acids is 1. The minimum atomic E-state index is -0.140. The lowest BCUT2D eigenvalue weighted by molar-refractivity contribution is -0.116. The topological polar surface area (TPSA) is 42.0 Å². The fourth-order valence-electron chi connectivity index (χ4n) is 2.15. The van der Waals surface area contributed by atoms with Crippen molar-refractivity contribution in [3.63, 3.8) is 0 Å². The number of nitrogens with zero attached hydrogens (tertiary/aromatic N) is 1. The van der Waals surface area contributed by atoms with E-state index in [1.807, 2.05) is 35.7 Å². The highest BCUT2D eigenvalue weighted by Crippen LogP contribution is 2.20. The van der Waals surface area contributed by atoms with Crippen molar-refractivity contribution in [3.8, 4) is 11.3 Å². The maximum atomic E-state index is 11.9. The van der Waals surface area contributed by atoms with E-state index in [0.717, 1.165) is 22.4 Å². The van der Waals surface area contributed by atoms with Crippen LogP contribution in [0.1, 0.15) is 11.1 Å². The number of hydrogen-bond donors (Lipinski definition) is 1. The summed E-state index contributed by atoms with van der Waals surface area (Å²) in [5, 5.41) is 7.63. The quantitative estimate of drug-likeness (QED) is 0.669. The number of pyridine rings is 1. The second-order valence-electron chi connectivity index (χ2n) is 5.16. The maximum Gasteiger partial charge on any atom is 0.244 e. The fraction of sp³-hybridized carbons (Fsp3) is 0.0526. The van der Waals surface area contributed by atoms with Crippen LogP contribution < -0.4 is 5.32 Å². The van der Waals surface area contributed by atoms with E-state index < -0.39 is 0 Å². The highest BCUT2D eigenvalue weighted by atomic mass is 35.5. The molecule has 1 aromatic carbocycles.